The highest BCUT2D eigenvalue weighted by Crippen LogP contribution is 2.50. The van der Waals surface area contributed by atoms with E-state index in [1.54, 1.807) is 51.7 Å². The van der Waals surface area contributed by atoms with Crippen molar-refractivity contribution in [3.8, 4) is 39.9 Å². The fourth-order valence-corrected chi connectivity index (χ4v) is 5.52. The van der Waals surface area contributed by atoms with Crippen LogP contribution in [0.1, 0.15) is 43.4 Å². The molecule has 11 nitrogen and oxygen atoms in total. The third-order valence-electron chi connectivity index (χ3n) is 7.47. The lowest BCUT2D eigenvalue weighted by Crippen LogP contribution is -2.26. The van der Waals surface area contributed by atoms with Gasteiger partial charge in [-0.2, -0.15) is 0 Å². The molecule has 1 heterocycles. The summed E-state index contributed by atoms with van der Waals surface area (Å²) in [7, 11) is 4.67. The van der Waals surface area contributed by atoms with Crippen LogP contribution in [-0.2, 0) is 16.0 Å². The Morgan fingerprint density at radius 1 is 0.953 bits per heavy atom. The van der Waals surface area contributed by atoms with Crippen LogP contribution in [0.15, 0.2) is 47.3 Å². The van der Waals surface area contributed by atoms with E-state index >= 15 is 0 Å². The number of fused-ring (bicyclic) bond motifs is 4. The molecule has 0 bridgehead atoms. The molecule has 0 saturated carbocycles. The number of carbonyl (C=O) groups is 2. The molecule has 3 N–H and O–H groups in total. The molecule has 1 aliphatic carbocycles. The van der Waals surface area contributed by atoms with Crippen molar-refractivity contribution in [2.24, 2.45) is 0 Å². The predicted octanol–water partition coefficient (Wildman–Crippen LogP) is 4.42. The second-order valence-electron chi connectivity index (χ2n) is 10.2. The third-order valence-corrected chi connectivity index (χ3v) is 7.47. The van der Waals surface area contributed by atoms with Crippen LogP contribution in [0.25, 0.3) is 11.1 Å². The molecular weight excluding hydrogens is 554 g/mol. The minimum Gasteiger partial charge on any atom is -0.493 e. The molecule has 2 amide bonds. The maximum Gasteiger partial charge on any atom is 0.231 e. The zero-order valence-electron chi connectivity index (χ0n) is 24.6. The molecule has 11 heteroatoms. The summed E-state index contributed by atoms with van der Waals surface area (Å²) >= 11 is 0. The summed E-state index contributed by atoms with van der Waals surface area (Å²) in [6.07, 6.45) is 1.93. The average molecular weight is 590 g/mol. The van der Waals surface area contributed by atoms with Crippen LogP contribution in [0.4, 0.5) is 11.4 Å². The number of methoxy groups -OCH3 is 3. The quantitative estimate of drug-likeness (QED) is 0.294. The molecule has 0 radical (unpaired) electrons. The van der Waals surface area contributed by atoms with Crippen LogP contribution >= 0.6 is 0 Å². The van der Waals surface area contributed by atoms with Crippen molar-refractivity contribution in [3.05, 3.63) is 63.8 Å². The van der Waals surface area contributed by atoms with Crippen LogP contribution in [0.5, 0.6) is 28.7 Å². The van der Waals surface area contributed by atoms with Gasteiger partial charge in [0.1, 0.15) is 0 Å². The third kappa shape index (κ3) is 6.30. The number of carbonyl (C=O) groups excluding carboxylic acids is 2. The first-order valence-electron chi connectivity index (χ1n) is 14.0. The molecule has 3 aromatic carbocycles. The fraction of sp³-hybridized carbons (Fsp3) is 0.344. The van der Waals surface area contributed by atoms with E-state index in [2.05, 4.69) is 16.0 Å². The van der Waals surface area contributed by atoms with Crippen LogP contribution in [-0.4, -0.2) is 46.5 Å². The lowest BCUT2D eigenvalue weighted by molar-refractivity contribution is -0.119. The molecule has 3 aromatic rings. The van der Waals surface area contributed by atoms with Gasteiger partial charge in [0, 0.05) is 37.2 Å². The molecule has 5 rings (SSSR count). The Morgan fingerprint density at radius 3 is 2.49 bits per heavy atom. The highest BCUT2D eigenvalue weighted by molar-refractivity contribution is 5.91. The summed E-state index contributed by atoms with van der Waals surface area (Å²) in [6.45, 7) is 2.02. The van der Waals surface area contributed by atoms with E-state index in [1.165, 1.54) is 6.92 Å². The number of rotatable bonds is 10. The SMILES string of the molecule is COc1cc2c(c(OC)c1OC)-c1ccc(NCCCC(=O)Nc3ccc4c(c3)OCO4)c(=O)cc1[C@@H](NC(C)=O)CC2. The van der Waals surface area contributed by atoms with Crippen LogP contribution in [0, 0.1) is 0 Å². The Morgan fingerprint density at radius 2 is 1.74 bits per heavy atom. The maximum absolute atomic E-state index is 13.4. The maximum atomic E-state index is 13.4. The van der Waals surface area contributed by atoms with Crippen molar-refractivity contribution >= 4 is 23.2 Å². The van der Waals surface area contributed by atoms with E-state index in [-0.39, 0.29) is 30.5 Å². The Kier molecular flexibility index (Phi) is 8.89. The lowest BCUT2D eigenvalue weighted by atomic mass is 9.95. The summed E-state index contributed by atoms with van der Waals surface area (Å²) in [5.74, 6) is 2.36. The molecule has 1 aliphatic heterocycles. The number of amides is 2. The number of benzene rings is 2. The molecular formula is C32H35N3O8. The summed E-state index contributed by atoms with van der Waals surface area (Å²) in [5, 5.41) is 9.05. The summed E-state index contributed by atoms with van der Waals surface area (Å²) in [4.78, 5) is 38.1. The molecule has 43 heavy (non-hydrogen) atoms. The van der Waals surface area contributed by atoms with Gasteiger partial charge in [-0.05, 0) is 66.3 Å². The lowest BCUT2D eigenvalue weighted by Gasteiger charge is -2.19. The second-order valence-corrected chi connectivity index (χ2v) is 10.2. The zero-order valence-corrected chi connectivity index (χ0v) is 24.6. The van der Waals surface area contributed by atoms with Gasteiger partial charge in [-0.1, -0.05) is 6.07 Å². The molecule has 0 aromatic heterocycles. The van der Waals surface area contributed by atoms with Crippen molar-refractivity contribution < 1.29 is 33.3 Å². The molecule has 1 atom stereocenters. The number of nitrogens with one attached hydrogen (secondary N) is 3. The zero-order chi connectivity index (χ0) is 30.5. The van der Waals surface area contributed by atoms with E-state index in [4.69, 9.17) is 23.7 Å². The molecule has 0 spiro atoms. The van der Waals surface area contributed by atoms with Crippen molar-refractivity contribution in [1.29, 1.82) is 0 Å². The predicted molar refractivity (Wildman–Crippen MR) is 162 cm³/mol. The Labute approximate surface area is 249 Å². The standard InChI is InChI=1S/C32H35N3O8/c1-18(36)34-23-10-7-19-14-28(39-2)31(40-3)32(41-4)30(19)21-9-11-24(25(37)16-22(21)23)33-13-5-6-29(38)35-20-8-12-26-27(15-20)43-17-42-26/h8-9,11-12,14-16,23H,5-7,10,13,17H2,1-4H3,(H,33,37)(H,34,36)(H,35,38)/t23-/m0/s1. The van der Waals surface area contributed by atoms with Gasteiger partial charge in [-0.25, -0.2) is 0 Å². The number of aryl methyl sites for hydroxylation is 1. The fourth-order valence-electron chi connectivity index (χ4n) is 5.52. The van der Waals surface area contributed by atoms with Crippen molar-refractivity contribution in [2.75, 3.05) is 45.3 Å². The second kappa shape index (κ2) is 12.9. The Bertz CT molecular complexity index is 1610. The highest BCUT2D eigenvalue weighted by Gasteiger charge is 2.29. The first kappa shape index (κ1) is 29.6. The largest absolute Gasteiger partial charge is 0.493 e. The first-order valence-corrected chi connectivity index (χ1v) is 14.0. The molecule has 0 unspecified atom stereocenters. The van der Waals surface area contributed by atoms with Gasteiger partial charge in [0.15, 0.2) is 23.0 Å². The van der Waals surface area contributed by atoms with Crippen molar-refractivity contribution in [1.82, 2.24) is 5.32 Å². The summed E-state index contributed by atoms with van der Waals surface area (Å²) in [5.41, 5.74) is 3.93. The van der Waals surface area contributed by atoms with Gasteiger partial charge in [-0.3, -0.25) is 14.4 Å². The van der Waals surface area contributed by atoms with Crippen LogP contribution in [0.3, 0.4) is 0 Å². The van der Waals surface area contributed by atoms with Gasteiger partial charge < -0.3 is 39.6 Å². The van der Waals surface area contributed by atoms with E-state index in [0.717, 1.165) is 16.7 Å². The summed E-state index contributed by atoms with van der Waals surface area (Å²) in [6, 6.07) is 11.9. The Balaban J connectivity index is 1.38. The van der Waals surface area contributed by atoms with Crippen LogP contribution < -0.4 is 45.1 Å². The average Bonchev–Trinajstić information content (AvgIpc) is 3.34. The van der Waals surface area contributed by atoms with Gasteiger partial charge in [0.05, 0.1) is 33.1 Å². The van der Waals surface area contributed by atoms with Crippen molar-refractivity contribution in [3.63, 3.8) is 0 Å². The van der Waals surface area contributed by atoms with Gasteiger partial charge in [-0.15, -0.1) is 0 Å². The van der Waals surface area contributed by atoms with E-state index in [9.17, 15) is 14.4 Å². The Hall–Kier alpha value is -4.93. The van der Waals surface area contributed by atoms with E-state index in [0.29, 0.717) is 71.5 Å². The molecule has 0 saturated heterocycles. The molecule has 2 aliphatic rings. The number of ether oxygens (including phenoxy) is 5. The number of hydrogen-bond donors (Lipinski definition) is 3. The highest BCUT2D eigenvalue weighted by atomic mass is 16.7. The van der Waals surface area contributed by atoms with Gasteiger partial charge in [0.25, 0.3) is 0 Å². The first-order chi connectivity index (χ1) is 20.8. The normalized spacial score (nSPS) is 14.5. The van der Waals surface area contributed by atoms with E-state index < -0.39 is 6.04 Å². The van der Waals surface area contributed by atoms with Crippen LogP contribution in [0.2, 0.25) is 0 Å². The van der Waals surface area contributed by atoms with Crippen molar-refractivity contribution in [2.45, 2.75) is 38.6 Å². The van der Waals surface area contributed by atoms with Gasteiger partial charge >= 0.3 is 0 Å². The monoisotopic (exact) mass is 589 g/mol. The van der Waals surface area contributed by atoms with E-state index in [1.807, 2.05) is 12.1 Å². The molecule has 226 valence electrons. The topological polar surface area (TPSA) is 133 Å². The van der Waals surface area contributed by atoms with Gasteiger partial charge in [0.2, 0.25) is 29.8 Å². The smallest absolute Gasteiger partial charge is 0.231 e. The summed E-state index contributed by atoms with van der Waals surface area (Å²) < 4.78 is 27.7. The minimum absolute atomic E-state index is 0.153. The minimum atomic E-state index is -0.394. The molecule has 0 fully saturated rings. The number of anilines is 2. The number of hydrogen-bond acceptors (Lipinski definition) is 9.